The average Bonchev–Trinajstić information content (AvgIpc) is 3.13. The maximum Gasteiger partial charge on any atom is 0.294 e. The first-order valence-electron chi connectivity index (χ1n) is 9.18. The quantitative estimate of drug-likeness (QED) is 0.459. The van der Waals surface area contributed by atoms with Crippen LogP contribution in [0, 0.1) is 10.1 Å². The molecule has 1 aliphatic rings. The van der Waals surface area contributed by atoms with Gasteiger partial charge in [0.15, 0.2) is 0 Å². The molecule has 9 nitrogen and oxygen atoms in total. The first kappa shape index (κ1) is 19.6. The highest BCUT2D eigenvalue weighted by molar-refractivity contribution is 7.16. The molecule has 11 heteroatoms. The first-order chi connectivity index (χ1) is 13.8. The fourth-order valence-electron chi connectivity index (χ4n) is 3.30. The number of anilines is 2. The minimum atomic E-state index is -0.417. The summed E-state index contributed by atoms with van der Waals surface area (Å²) >= 11 is 7.33. The van der Waals surface area contributed by atoms with Gasteiger partial charge >= 0.3 is 0 Å². The summed E-state index contributed by atoms with van der Waals surface area (Å²) in [4.78, 5) is 32.6. The first-order valence-corrected chi connectivity index (χ1v) is 10.4. The summed E-state index contributed by atoms with van der Waals surface area (Å²) in [6, 6.07) is 6.20. The van der Waals surface area contributed by atoms with E-state index in [0.717, 1.165) is 5.01 Å². The number of nitro groups is 1. The van der Waals surface area contributed by atoms with Crippen LogP contribution in [0.5, 0.6) is 0 Å². The van der Waals surface area contributed by atoms with Crippen LogP contribution in [-0.4, -0.2) is 45.7 Å². The van der Waals surface area contributed by atoms with Crippen molar-refractivity contribution in [3.63, 3.8) is 0 Å². The Hall–Kier alpha value is -2.72. The van der Waals surface area contributed by atoms with E-state index in [9.17, 15) is 14.9 Å². The highest BCUT2D eigenvalue weighted by Gasteiger charge is 2.25. The van der Waals surface area contributed by atoms with E-state index in [1.165, 1.54) is 28.0 Å². The molecule has 0 N–H and O–H groups in total. The molecular weight excluding hydrogens is 416 g/mol. The Balaban J connectivity index is 1.56. The normalized spacial score (nSPS) is 14.8. The summed E-state index contributed by atoms with van der Waals surface area (Å²) in [5.74, 6) is 0.836. The number of halogens is 1. The van der Waals surface area contributed by atoms with Crippen LogP contribution >= 0.6 is 22.9 Å². The van der Waals surface area contributed by atoms with E-state index in [1.54, 1.807) is 12.1 Å². The molecule has 1 aliphatic heterocycles. The van der Waals surface area contributed by atoms with Gasteiger partial charge in [-0.25, -0.2) is 4.98 Å². The standard InChI is InChI=1S/C18H19ClN6O3S/c1-11(2)17-21-24-16(26)10-15(20-18(24)29-17)23-7-5-22(6-8-23)13-4-3-12(19)9-14(13)25(27)28/h3-4,9-11H,5-8H2,1-2H3. The molecule has 0 bridgehead atoms. The van der Waals surface area contributed by atoms with E-state index in [4.69, 9.17) is 11.6 Å². The van der Waals surface area contributed by atoms with Gasteiger partial charge in [0.05, 0.1) is 4.92 Å². The van der Waals surface area contributed by atoms with E-state index < -0.39 is 4.92 Å². The molecule has 0 aliphatic carbocycles. The van der Waals surface area contributed by atoms with Crippen molar-refractivity contribution in [1.82, 2.24) is 14.6 Å². The van der Waals surface area contributed by atoms with Crippen molar-refractivity contribution in [2.45, 2.75) is 19.8 Å². The van der Waals surface area contributed by atoms with Gasteiger partial charge in [-0.05, 0) is 12.1 Å². The van der Waals surface area contributed by atoms with Gasteiger partial charge in [-0.15, -0.1) is 0 Å². The van der Waals surface area contributed by atoms with Crippen molar-refractivity contribution in [1.29, 1.82) is 0 Å². The van der Waals surface area contributed by atoms with Crippen LogP contribution in [0.4, 0.5) is 17.2 Å². The fourth-order valence-corrected chi connectivity index (χ4v) is 4.36. The molecule has 0 saturated carbocycles. The van der Waals surface area contributed by atoms with Gasteiger partial charge in [-0.1, -0.05) is 36.8 Å². The van der Waals surface area contributed by atoms with Crippen molar-refractivity contribution in [2.24, 2.45) is 0 Å². The van der Waals surface area contributed by atoms with Gasteiger partial charge in [0.25, 0.3) is 11.2 Å². The maximum absolute atomic E-state index is 12.5. The van der Waals surface area contributed by atoms with Crippen LogP contribution in [0.3, 0.4) is 0 Å². The monoisotopic (exact) mass is 434 g/mol. The number of hydrogen-bond donors (Lipinski definition) is 0. The van der Waals surface area contributed by atoms with Crippen molar-refractivity contribution in [3.05, 3.63) is 54.8 Å². The minimum Gasteiger partial charge on any atom is -0.362 e. The Bertz CT molecular complexity index is 1140. The van der Waals surface area contributed by atoms with Crippen molar-refractivity contribution < 1.29 is 4.92 Å². The number of rotatable bonds is 4. The van der Waals surface area contributed by atoms with Crippen LogP contribution in [0.2, 0.25) is 5.02 Å². The number of nitrogens with zero attached hydrogens (tertiary/aromatic N) is 6. The van der Waals surface area contributed by atoms with Crippen LogP contribution in [0.1, 0.15) is 24.8 Å². The second-order valence-electron chi connectivity index (χ2n) is 7.11. The lowest BCUT2D eigenvalue weighted by Gasteiger charge is -2.36. The van der Waals surface area contributed by atoms with Crippen LogP contribution in [0.25, 0.3) is 4.96 Å². The van der Waals surface area contributed by atoms with Crippen molar-refractivity contribution >= 4 is 45.1 Å². The Kier molecular flexibility index (Phi) is 5.13. The highest BCUT2D eigenvalue weighted by Crippen LogP contribution is 2.32. The third-order valence-electron chi connectivity index (χ3n) is 4.82. The van der Waals surface area contributed by atoms with Gasteiger partial charge in [-0.2, -0.15) is 9.61 Å². The summed E-state index contributed by atoms with van der Waals surface area (Å²) in [6.45, 7) is 6.39. The second-order valence-corrected chi connectivity index (χ2v) is 8.53. The molecule has 1 saturated heterocycles. The number of hydrogen-bond acceptors (Lipinski definition) is 8. The summed E-state index contributed by atoms with van der Waals surface area (Å²) in [5, 5.41) is 16.9. The molecule has 0 spiro atoms. The molecule has 1 fully saturated rings. The fraction of sp³-hybridized carbons (Fsp3) is 0.389. The third-order valence-corrected chi connectivity index (χ3v) is 6.26. The SMILES string of the molecule is CC(C)c1nn2c(=O)cc(N3CCN(c4ccc(Cl)cc4[N+](=O)[O-])CC3)nc2s1. The summed E-state index contributed by atoms with van der Waals surface area (Å²) < 4.78 is 1.34. The van der Waals surface area contributed by atoms with E-state index in [0.29, 0.717) is 47.7 Å². The van der Waals surface area contributed by atoms with E-state index in [1.807, 2.05) is 23.6 Å². The lowest BCUT2D eigenvalue weighted by atomic mass is 10.2. The topological polar surface area (TPSA) is 96.9 Å². The number of aromatic nitrogens is 3. The predicted octanol–water partition coefficient (Wildman–Crippen LogP) is 3.16. The molecule has 29 heavy (non-hydrogen) atoms. The Morgan fingerprint density at radius 1 is 1.17 bits per heavy atom. The van der Waals surface area contributed by atoms with Crippen molar-refractivity contribution in [2.75, 3.05) is 36.0 Å². The van der Waals surface area contributed by atoms with Gasteiger partial charge in [0.2, 0.25) is 4.96 Å². The van der Waals surface area contributed by atoms with Crippen LogP contribution < -0.4 is 15.4 Å². The third kappa shape index (κ3) is 3.77. The smallest absolute Gasteiger partial charge is 0.294 e. The van der Waals surface area contributed by atoms with Gasteiger partial charge < -0.3 is 9.80 Å². The molecular formula is C18H19ClN6O3S. The van der Waals surface area contributed by atoms with Crippen LogP contribution in [0.15, 0.2) is 29.1 Å². The van der Waals surface area contributed by atoms with Gasteiger partial charge in [-0.3, -0.25) is 14.9 Å². The zero-order chi connectivity index (χ0) is 20.7. The molecule has 0 radical (unpaired) electrons. The van der Waals surface area contributed by atoms with E-state index >= 15 is 0 Å². The lowest BCUT2D eigenvalue weighted by molar-refractivity contribution is -0.384. The Morgan fingerprint density at radius 3 is 2.52 bits per heavy atom. The summed E-state index contributed by atoms with van der Waals surface area (Å²) in [6.07, 6.45) is 0. The zero-order valence-electron chi connectivity index (χ0n) is 15.9. The zero-order valence-corrected chi connectivity index (χ0v) is 17.5. The minimum absolute atomic E-state index is 0.00499. The van der Waals surface area contributed by atoms with E-state index in [-0.39, 0.29) is 17.2 Å². The molecule has 0 atom stereocenters. The number of piperazine rings is 1. The lowest BCUT2D eigenvalue weighted by Crippen LogP contribution is -2.47. The molecule has 0 amide bonds. The molecule has 152 valence electrons. The Labute approximate surface area is 175 Å². The summed E-state index contributed by atoms with van der Waals surface area (Å²) in [5.41, 5.74) is 0.338. The Morgan fingerprint density at radius 2 is 1.86 bits per heavy atom. The molecule has 0 unspecified atom stereocenters. The highest BCUT2D eigenvalue weighted by atomic mass is 35.5. The van der Waals surface area contributed by atoms with Gasteiger partial charge in [0.1, 0.15) is 16.5 Å². The average molecular weight is 435 g/mol. The predicted molar refractivity (Wildman–Crippen MR) is 114 cm³/mol. The van der Waals surface area contributed by atoms with Crippen molar-refractivity contribution in [3.8, 4) is 0 Å². The molecule has 3 aromatic rings. The molecule has 4 rings (SSSR count). The van der Waals surface area contributed by atoms with Gasteiger partial charge in [0, 0.05) is 49.3 Å². The summed E-state index contributed by atoms with van der Waals surface area (Å²) in [7, 11) is 0. The second kappa shape index (κ2) is 7.60. The number of benzene rings is 1. The van der Waals surface area contributed by atoms with Crippen LogP contribution in [-0.2, 0) is 0 Å². The molecule has 2 aromatic heterocycles. The number of fused-ring (bicyclic) bond motifs is 1. The number of nitro benzene ring substituents is 1. The van der Waals surface area contributed by atoms with E-state index in [2.05, 4.69) is 10.1 Å². The molecule has 1 aromatic carbocycles. The largest absolute Gasteiger partial charge is 0.362 e. The maximum atomic E-state index is 12.5. The molecule has 3 heterocycles.